The normalized spacial score (nSPS) is 19.6. The highest BCUT2D eigenvalue weighted by Gasteiger charge is 2.29. The zero-order valence-corrected chi connectivity index (χ0v) is 17.9. The molecule has 1 fully saturated rings. The molecule has 1 saturated carbocycles. The van der Waals surface area contributed by atoms with Gasteiger partial charge in [-0.1, -0.05) is 31.2 Å². The molecule has 1 atom stereocenters. The second kappa shape index (κ2) is 9.77. The molecule has 1 aliphatic carbocycles. The van der Waals surface area contributed by atoms with Crippen molar-refractivity contribution in [2.75, 3.05) is 0 Å². The molecule has 31 heavy (non-hydrogen) atoms. The summed E-state index contributed by atoms with van der Waals surface area (Å²) in [5.41, 5.74) is 2.98. The van der Waals surface area contributed by atoms with Crippen LogP contribution in [0.5, 0.6) is 0 Å². The Labute approximate surface area is 182 Å². The quantitative estimate of drug-likeness (QED) is 0.546. The number of aromatic nitrogens is 2. The number of carbonyl (C=O) groups excluding carboxylic acids is 2. The van der Waals surface area contributed by atoms with Gasteiger partial charge in [0.05, 0.1) is 0 Å². The second-order valence-electron chi connectivity index (χ2n) is 8.66. The van der Waals surface area contributed by atoms with Gasteiger partial charge in [0.2, 0.25) is 11.8 Å². The Balaban J connectivity index is 1.48. The van der Waals surface area contributed by atoms with E-state index in [4.69, 9.17) is 0 Å². The first-order valence-electron chi connectivity index (χ1n) is 11.1. The van der Waals surface area contributed by atoms with Crippen molar-refractivity contribution < 1.29 is 9.59 Å². The van der Waals surface area contributed by atoms with E-state index in [0.29, 0.717) is 18.9 Å². The molecule has 6 heteroatoms. The molecular formula is C25H30N4O2. The molecule has 3 N–H and O–H groups in total. The Kier molecular flexibility index (Phi) is 6.65. The van der Waals surface area contributed by atoms with Crippen LogP contribution in [-0.4, -0.2) is 27.8 Å². The van der Waals surface area contributed by atoms with Crippen LogP contribution in [0.3, 0.4) is 0 Å². The fraction of sp³-hybridized carbons (Fsp3) is 0.400. The van der Waals surface area contributed by atoms with E-state index in [1.54, 1.807) is 12.4 Å². The summed E-state index contributed by atoms with van der Waals surface area (Å²) in [5.74, 6) is 0.488. The summed E-state index contributed by atoms with van der Waals surface area (Å²) in [4.78, 5) is 33.4. The minimum atomic E-state index is -0.622. The number of fused-ring (bicyclic) bond motifs is 1. The molecule has 4 rings (SSSR count). The van der Waals surface area contributed by atoms with E-state index in [2.05, 4.69) is 27.5 Å². The average Bonchev–Trinajstić information content (AvgIpc) is 3.21. The molecule has 2 amide bonds. The van der Waals surface area contributed by atoms with Gasteiger partial charge in [-0.3, -0.25) is 14.6 Å². The lowest BCUT2D eigenvalue weighted by Gasteiger charge is -2.27. The number of pyridine rings is 1. The van der Waals surface area contributed by atoms with Crippen molar-refractivity contribution >= 4 is 22.7 Å². The molecule has 0 bridgehead atoms. The fourth-order valence-electron chi connectivity index (χ4n) is 4.36. The van der Waals surface area contributed by atoms with Crippen molar-refractivity contribution in [1.82, 2.24) is 20.6 Å². The predicted octanol–water partition coefficient (Wildman–Crippen LogP) is 3.73. The van der Waals surface area contributed by atoms with E-state index in [1.165, 1.54) is 0 Å². The van der Waals surface area contributed by atoms with Crippen LogP contribution in [0.4, 0.5) is 0 Å². The van der Waals surface area contributed by atoms with Crippen LogP contribution in [0.25, 0.3) is 10.9 Å². The Hall–Kier alpha value is -3.15. The van der Waals surface area contributed by atoms with Crippen LogP contribution >= 0.6 is 0 Å². The highest BCUT2D eigenvalue weighted by atomic mass is 16.2. The third kappa shape index (κ3) is 5.32. The Bertz CT molecular complexity index is 1020. The molecule has 1 aliphatic rings. The number of nitrogens with zero attached hydrogens (tertiary/aromatic N) is 1. The highest BCUT2D eigenvalue weighted by molar-refractivity contribution is 5.90. The first-order chi connectivity index (χ1) is 15.1. The number of para-hydroxylation sites is 1. The van der Waals surface area contributed by atoms with Gasteiger partial charge in [-0.15, -0.1) is 0 Å². The molecule has 1 unspecified atom stereocenters. The lowest BCUT2D eigenvalue weighted by atomic mass is 9.82. The van der Waals surface area contributed by atoms with Crippen molar-refractivity contribution in [1.29, 1.82) is 0 Å². The zero-order chi connectivity index (χ0) is 21.6. The number of hydrogen-bond acceptors (Lipinski definition) is 3. The molecule has 0 aliphatic heterocycles. The van der Waals surface area contributed by atoms with E-state index in [0.717, 1.165) is 47.7 Å². The number of amides is 2. The standard InChI is InChI=1S/C25H30N4O2/c1-17-8-10-19(11-9-17)24(30)29-23(25(31)28-15-18-5-4-12-26-14-18)13-20-16-27-22-7-3-2-6-21(20)22/h2-7,12,14,16-17,19,23,27H,8-11,13,15H2,1H3,(H,28,31)(H,29,30). The van der Waals surface area contributed by atoms with Gasteiger partial charge in [-0.25, -0.2) is 0 Å². The van der Waals surface area contributed by atoms with E-state index in [-0.39, 0.29) is 17.7 Å². The van der Waals surface area contributed by atoms with Gasteiger partial charge in [0.25, 0.3) is 0 Å². The number of rotatable bonds is 7. The summed E-state index contributed by atoms with van der Waals surface area (Å²) in [5, 5.41) is 7.11. The van der Waals surface area contributed by atoms with E-state index >= 15 is 0 Å². The number of hydrogen-bond donors (Lipinski definition) is 3. The number of carbonyl (C=O) groups is 2. The summed E-state index contributed by atoms with van der Waals surface area (Å²) in [6, 6.07) is 11.2. The summed E-state index contributed by atoms with van der Waals surface area (Å²) in [7, 11) is 0. The van der Waals surface area contributed by atoms with E-state index in [1.807, 2.05) is 42.6 Å². The predicted molar refractivity (Wildman–Crippen MR) is 121 cm³/mol. The first kappa shape index (κ1) is 21.1. The summed E-state index contributed by atoms with van der Waals surface area (Å²) < 4.78 is 0. The van der Waals surface area contributed by atoms with Crippen molar-refractivity contribution in [3.05, 3.63) is 66.1 Å². The number of benzene rings is 1. The van der Waals surface area contributed by atoms with E-state index < -0.39 is 6.04 Å². The maximum absolute atomic E-state index is 13.1. The maximum Gasteiger partial charge on any atom is 0.243 e. The first-order valence-corrected chi connectivity index (χ1v) is 11.1. The molecule has 0 saturated heterocycles. The Morgan fingerprint density at radius 2 is 1.94 bits per heavy atom. The summed E-state index contributed by atoms with van der Waals surface area (Å²) in [6.45, 7) is 2.62. The molecule has 2 heterocycles. The summed E-state index contributed by atoms with van der Waals surface area (Å²) >= 11 is 0. The van der Waals surface area contributed by atoms with Crippen LogP contribution in [-0.2, 0) is 22.6 Å². The maximum atomic E-state index is 13.1. The van der Waals surface area contributed by atoms with Crippen molar-refractivity contribution in [3.63, 3.8) is 0 Å². The Morgan fingerprint density at radius 1 is 1.13 bits per heavy atom. The number of H-pyrrole nitrogens is 1. The molecular weight excluding hydrogens is 388 g/mol. The number of nitrogens with one attached hydrogen (secondary N) is 3. The minimum absolute atomic E-state index is 0.00623. The van der Waals surface area contributed by atoms with Crippen molar-refractivity contribution in [3.8, 4) is 0 Å². The average molecular weight is 419 g/mol. The third-order valence-corrected chi connectivity index (χ3v) is 6.31. The fourth-order valence-corrected chi connectivity index (χ4v) is 4.36. The van der Waals surface area contributed by atoms with Gasteiger partial charge in [0.1, 0.15) is 6.04 Å². The topological polar surface area (TPSA) is 86.9 Å². The molecule has 0 spiro atoms. The van der Waals surface area contributed by atoms with Gasteiger partial charge in [-0.2, -0.15) is 0 Å². The van der Waals surface area contributed by atoms with Crippen LogP contribution in [0.15, 0.2) is 55.0 Å². The molecule has 0 radical (unpaired) electrons. The third-order valence-electron chi connectivity index (χ3n) is 6.31. The van der Waals surface area contributed by atoms with Gasteiger partial charge < -0.3 is 15.6 Å². The van der Waals surface area contributed by atoms with Gasteiger partial charge >= 0.3 is 0 Å². The van der Waals surface area contributed by atoms with Gasteiger partial charge in [0.15, 0.2) is 0 Å². The zero-order valence-electron chi connectivity index (χ0n) is 17.9. The van der Waals surface area contributed by atoms with Crippen LogP contribution in [0, 0.1) is 11.8 Å². The smallest absolute Gasteiger partial charge is 0.243 e. The van der Waals surface area contributed by atoms with Gasteiger partial charge in [-0.05, 0) is 54.9 Å². The molecule has 2 aromatic heterocycles. The molecule has 1 aromatic carbocycles. The van der Waals surface area contributed by atoms with Crippen LogP contribution in [0.2, 0.25) is 0 Å². The monoisotopic (exact) mass is 418 g/mol. The lowest BCUT2D eigenvalue weighted by molar-refractivity contribution is -0.132. The SMILES string of the molecule is CC1CCC(C(=O)NC(Cc2c[nH]c3ccccc23)C(=O)NCc2cccnc2)CC1. The van der Waals surface area contributed by atoms with Gasteiger partial charge in [0, 0.05) is 48.4 Å². The number of aromatic amines is 1. The summed E-state index contributed by atoms with van der Waals surface area (Å²) in [6.07, 6.45) is 9.73. The second-order valence-corrected chi connectivity index (χ2v) is 8.66. The van der Waals surface area contributed by atoms with Crippen molar-refractivity contribution in [2.24, 2.45) is 11.8 Å². The van der Waals surface area contributed by atoms with Crippen LogP contribution < -0.4 is 10.6 Å². The molecule has 162 valence electrons. The van der Waals surface area contributed by atoms with Crippen molar-refractivity contribution in [2.45, 2.75) is 51.6 Å². The van der Waals surface area contributed by atoms with E-state index in [9.17, 15) is 9.59 Å². The lowest BCUT2D eigenvalue weighted by Crippen LogP contribution is -2.49. The minimum Gasteiger partial charge on any atom is -0.361 e. The Morgan fingerprint density at radius 3 is 2.71 bits per heavy atom. The largest absolute Gasteiger partial charge is 0.361 e. The van der Waals surface area contributed by atoms with Crippen LogP contribution in [0.1, 0.15) is 43.7 Å². The molecule has 3 aromatic rings. The molecule has 6 nitrogen and oxygen atoms in total. The highest BCUT2D eigenvalue weighted by Crippen LogP contribution is 2.28.